The first-order valence-corrected chi connectivity index (χ1v) is 13.2. The quantitative estimate of drug-likeness (QED) is 0.503. The Kier molecular flexibility index (Phi) is 6.49. The van der Waals surface area contributed by atoms with Gasteiger partial charge in [0.05, 0.1) is 5.60 Å². The van der Waals surface area contributed by atoms with Crippen LogP contribution in [0.5, 0.6) is 0 Å². The van der Waals surface area contributed by atoms with Gasteiger partial charge >= 0.3 is 0 Å². The number of hydrogen-bond donors (Lipinski definition) is 3. The molecule has 2 fully saturated rings. The fourth-order valence-electron chi connectivity index (χ4n) is 4.26. The molecule has 0 radical (unpaired) electrons. The molecule has 30 heavy (non-hydrogen) atoms. The maximum absolute atomic E-state index is 15.0. The van der Waals surface area contributed by atoms with E-state index in [0.29, 0.717) is 29.0 Å². The van der Waals surface area contributed by atoms with Gasteiger partial charge in [-0.25, -0.2) is 8.70 Å². The van der Waals surface area contributed by atoms with Crippen molar-refractivity contribution in [2.75, 3.05) is 11.5 Å². The van der Waals surface area contributed by atoms with Crippen LogP contribution in [-0.4, -0.2) is 36.1 Å². The van der Waals surface area contributed by atoms with Crippen LogP contribution < -0.4 is 0 Å². The van der Waals surface area contributed by atoms with E-state index in [1.807, 2.05) is 6.07 Å². The molecular weight excluding hydrogens is 421 g/mol. The molecule has 0 spiro atoms. The van der Waals surface area contributed by atoms with Crippen LogP contribution in [0.25, 0.3) is 0 Å². The van der Waals surface area contributed by atoms with Crippen molar-refractivity contribution in [2.24, 2.45) is 0 Å². The van der Waals surface area contributed by atoms with Crippen molar-refractivity contribution >= 4 is 22.5 Å². The summed E-state index contributed by atoms with van der Waals surface area (Å²) in [5, 5.41) is 11.3. The van der Waals surface area contributed by atoms with E-state index in [0.717, 1.165) is 12.8 Å². The largest absolute Gasteiger partial charge is 0.385 e. The summed E-state index contributed by atoms with van der Waals surface area (Å²) in [5.74, 6) is 0.0125. The number of halogens is 1. The predicted molar refractivity (Wildman–Crippen MR) is 123 cm³/mol. The zero-order valence-electron chi connectivity index (χ0n) is 17.2. The Labute approximate surface area is 184 Å². The van der Waals surface area contributed by atoms with Crippen LogP contribution in [0.1, 0.15) is 54.5 Å². The summed E-state index contributed by atoms with van der Waals surface area (Å²) in [6.07, 6.45) is 2.66. The van der Waals surface area contributed by atoms with Gasteiger partial charge in [0, 0.05) is 34.9 Å². The SMILES string of the molecule is C[C@H]1CC[C@H](c2ccccc2)SN1Cc1ccc(C2(O)CCS(O)(O)CC2)cc1F. The summed E-state index contributed by atoms with van der Waals surface area (Å²) in [4.78, 5) is 0. The van der Waals surface area contributed by atoms with Crippen molar-refractivity contribution in [1.29, 1.82) is 0 Å². The van der Waals surface area contributed by atoms with Crippen LogP contribution in [0.2, 0.25) is 0 Å². The molecular formula is C23H30FNO3S2. The van der Waals surface area contributed by atoms with Gasteiger partial charge in [0.25, 0.3) is 0 Å². The van der Waals surface area contributed by atoms with Crippen molar-refractivity contribution in [3.05, 3.63) is 71.0 Å². The maximum Gasteiger partial charge on any atom is 0.128 e. The normalized spacial score (nSPS) is 27.5. The van der Waals surface area contributed by atoms with E-state index < -0.39 is 16.2 Å². The Hall–Kier alpha value is -1.09. The lowest BCUT2D eigenvalue weighted by Crippen LogP contribution is -2.35. The molecule has 0 saturated carbocycles. The minimum atomic E-state index is -2.60. The minimum absolute atomic E-state index is 0.162. The minimum Gasteiger partial charge on any atom is -0.385 e. The van der Waals surface area contributed by atoms with Crippen LogP contribution >= 0.6 is 22.5 Å². The molecule has 2 aliphatic rings. The van der Waals surface area contributed by atoms with Crippen LogP contribution in [0.3, 0.4) is 0 Å². The van der Waals surface area contributed by atoms with Gasteiger partial charge in [-0.1, -0.05) is 54.4 Å². The number of hydrogen-bond acceptors (Lipinski definition) is 5. The van der Waals surface area contributed by atoms with E-state index >= 15 is 0 Å². The molecule has 164 valence electrons. The van der Waals surface area contributed by atoms with Crippen LogP contribution in [-0.2, 0) is 12.1 Å². The predicted octanol–water partition coefficient (Wildman–Crippen LogP) is 5.93. The highest BCUT2D eigenvalue weighted by Crippen LogP contribution is 2.50. The molecule has 0 amide bonds. The molecule has 2 atom stereocenters. The van der Waals surface area contributed by atoms with Gasteiger partial charge < -0.3 is 5.11 Å². The Morgan fingerprint density at radius 2 is 1.80 bits per heavy atom. The smallest absolute Gasteiger partial charge is 0.128 e. The van der Waals surface area contributed by atoms with Crippen molar-refractivity contribution in [1.82, 2.24) is 4.31 Å². The summed E-state index contributed by atoms with van der Waals surface area (Å²) in [6.45, 7) is 2.70. The molecule has 3 N–H and O–H groups in total. The molecule has 2 saturated heterocycles. The first kappa shape index (κ1) is 22.1. The number of benzene rings is 2. The molecule has 2 heterocycles. The van der Waals surface area contributed by atoms with Gasteiger partial charge in [-0.3, -0.25) is 9.11 Å². The highest BCUT2D eigenvalue weighted by atomic mass is 32.3. The van der Waals surface area contributed by atoms with E-state index in [-0.39, 0.29) is 30.2 Å². The molecule has 0 unspecified atom stereocenters. The summed E-state index contributed by atoms with van der Waals surface area (Å²) in [7, 11) is -2.60. The molecule has 0 aromatic heterocycles. The topological polar surface area (TPSA) is 63.9 Å². The zero-order chi connectivity index (χ0) is 21.4. The lowest BCUT2D eigenvalue weighted by Gasteiger charge is -2.43. The van der Waals surface area contributed by atoms with Gasteiger partial charge in [-0.05, 0) is 49.8 Å². The average molecular weight is 452 g/mol. The fourth-order valence-corrected chi connectivity index (χ4v) is 7.17. The molecule has 4 nitrogen and oxygen atoms in total. The first-order chi connectivity index (χ1) is 14.3. The maximum atomic E-state index is 15.0. The Morgan fingerprint density at radius 1 is 1.10 bits per heavy atom. The molecule has 0 bridgehead atoms. The summed E-state index contributed by atoms with van der Waals surface area (Å²) in [5.41, 5.74) is 1.27. The molecule has 2 aromatic carbocycles. The molecule has 2 aromatic rings. The zero-order valence-corrected chi connectivity index (χ0v) is 18.8. The summed E-state index contributed by atoms with van der Waals surface area (Å²) < 4.78 is 36.9. The number of aliphatic hydroxyl groups is 1. The Morgan fingerprint density at radius 3 is 2.47 bits per heavy atom. The van der Waals surface area contributed by atoms with Crippen molar-refractivity contribution in [3.8, 4) is 0 Å². The average Bonchev–Trinajstić information content (AvgIpc) is 2.74. The lowest BCUT2D eigenvalue weighted by atomic mass is 9.87. The second-order valence-electron chi connectivity index (χ2n) is 8.55. The molecule has 4 rings (SSSR count). The summed E-state index contributed by atoms with van der Waals surface area (Å²) in [6, 6.07) is 15.8. The molecule has 0 aliphatic carbocycles. The van der Waals surface area contributed by atoms with Crippen LogP contribution in [0, 0.1) is 5.82 Å². The fraction of sp³-hybridized carbons (Fsp3) is 0.478. The highest BCUT2D eigenvalue weighted by molar-refractivity contribution is 8.24. The monoisotopic (exact) mass is 451 g/mol. The molecule has 2 aliphatic heterocycles. The highest BCUT2D eigenvalue weighted by Gasteiger charge is 2.37. The second-order valence-corrected chi connectivity index (χ2v) is 12.2. The van der Waals surface area contributed by atoms with Crippen LogP contribution in [0.15, 0.2) is 48.5 Å². The van der Waals surface area contributed by atoms with Crippen molar-refractivity contribution in [3.63, 3.8) is 0 Å². The molecule has 7 heteroatoms. The van der Waals surface area contributed by atoms with E-state index in [4.69, 9.17) is 0 Å². The van der Waals surface area contributed by atoms with Gasteiger partial charge in [-0.15, -0.1) is 0 Å². The standard InChI is InChI=1S/C23H30FNO3S2/c1-17-7-10-22(18-5-3-2-4-6-18)29-25(17)16-19-8-9-20(15-21(19)24)23(26)11-13-30(27,28)14-12-23/h2-6,8-9,15,17,22,26-28H,7,10-14,16H2,1H3/t17-,22+/m0/s1. The van der Waals surface area contributed by atoms with Gasteiger partial charge in [0.1, 0.15) is 5.82 Å². The number of rotatable bonds is 4. The van der Waals surface area contributed by atoms with Gasteiger partial charge in [0.2, 0.25) is 0 Å². The summed E-state index contributed by atoms with van der Waals surface area (Å²) >= 11 is 1.79. The van der Waals surface area contributed by atoms with Crippen molar-refractivity contribution in [2.45, 2.75) is 56.0 Å². The van der Waals surface area contributed by atoms with Crippen molar-refractivity contribution < 1.29 is 18.6 Å². The van der Waals surface area contributed by atoms with Gasteiger partial charge in [-0.2, -0.15) is 10.6 Å². The van der Waals surface area contributed by atoms with E-state index in [9.17, 15) is 18.6 Å². The first-order valence-electron chi connectivity index (χ1n) is 10.5. The third-order valence-corrected chi connectivity index (χ3v) is 9.61. The Bertz CT molecular complexity index is 870. The van der Waals surface area contributed by atoms with Gasteiger partial charge in [0.15, 0.2) is 0 Å². The number of nitrogens with zero attached hydrogens (tertiary/aromatic N) is 1. The van der Waals surface area contributed by atoms with Crippen LogP contribution in [0.4, 0.5) is 4.39 Å². The Balaban J connectivity index is 1.47. The van der Waals surface area contributed by atoms with E-state index in [1.54, 1.807) is 24.1 Å². The third-order valence-electron chi connectivity index (χ3n) is 6.37. The van der Waals surface area contributed by atoms with E-state index in [2.05, 4.69) is 35.5 Å². The second kappa shape index (κ2) is 8.81. The third kappa shape index (κ3) is 4.87. The van der Waals surface area contributed by atoms with E-state index in [1.165, 1.54) is 11.6 Å². The lowest BCUT2D eigenvalue weighted by molar-refractivity contribution is 0.0243.